The smallest absolute Gasteiger partial charge is 0.0640 e. The van der Waals surface area contributed by atoms with Gasteiger partial charge in [0.1, 0.15) is 0 Å². The van der Waals surface area contributed by atoms with Crippen LogP contribution < -0.4 is 0 Å². The van der Waals surface area contributed by atoms with Gasteiger partial charge in [-0.25, -0.2) is 0 Å². The molecule has 1 atom stereocenters. The van der Waals surface area contributed by atoms with Crippen molar-refractivity contribution in [1.82, 2.24) is 0 Å². The molecule has 1 nitrogen and oxygen atoms in total. The Morgan fingerprint density at radius 2 is 2.45 bits per heavy atom. The summed E-state index contributed by atoms with van der Waals surface area (Å²) >= 11 is 4.94. The van der Waals surface area contributed by atoms with Gasteiger partial charge in [0.2, 0.25) is 0 Å². The van der Waals surface area contributed by atoms with Crippen molar-refractivity contribution >= 4 is 27.3 Å². The first-order chi connectivity index (χ1) is 5.33. The number of thiophene rings is 1. The Morgan fingerprint density at radius 1 is 1.64 bits per heavy atom. The minimum Gasteiger partial charge on any atom is -0.392 e. The molecule has 1 unspecified atom stereocenters. The highest BCUT2D eigenvalue weighted by Gasteiger charge is 2.01. The van der Waals surface area contributed by atoms with E-state index in [-0.39, 0.29) is 6.10 Å². The van der Waals surface area contributed by atoms with Crippen molar-refractivity contribution in [3.63, 3.8) is 0 Å². The van der Waals surface area contributed by atoms with Gasteiger partial charge < -0.3 is 5.11 Å². The largest absolute Gasteiger partial charge is 0.392 e. The Labute approximate surface area is 79.2 Å². The molecule has 0 fully saturated rings. The summed E-state index contributed by atoms with van der Waals surface area (Å²) in [5.74, 6) is 0. The molecule has 0 bridgehead atoms. The Hall–Kier alpha value is 0.140. The second-order valence-electron chi connectivity index (χ2n) is 2.48. The Balaban J connectivity index is 2.23. The average Bonchev–Trinajstić information content (AvgIpc) is 2.52. The summed E-state index contributed by atoms with van der Waals surface area (Å²) in [6.45, 7) is 0. The molecule has 1 rings (SSSR count). The van der Waals surface area contributed by atoms with Crippen LogP contribution >= 0.6 is 27.3 Å². The third kappa shape index (κ3) is 3.36. The summed E-state index contributed by atoms with van der Waals surface area (Å²) in [6, 6.07) is 2.10. The number of aliphatic hydroxyl groups excluding tert-OH is 1. The number of aliphatic hydroxyl groups is 1. The Kier molecular flexibility index (Phi) is 4.12. The predicted octanol–water partition coefficient (Wildman–Crippen LogP) is 2.44. The molecule has 1 aromatic rings. The van der Waals surface area contributed by atoms with Gasteiger partial charge in [-0.05, 0) is 35.2 Å². The summed E-state index contributed by atoms with van der Waals surface area (Å²) < 4.78 is 0. The molecule has 0 aliphatic carbocycles. The van der Waals surface area contributed by atoms with Crippen molar-refractivity contribution in [2.45, 2.75) is 18.9 Å². The summed E-state index contributed by atoms with van der Waals surface area (Å²) in [5.41, 5.74) is 1.33. The van der Waals surface area contributed by atoms with Gasteiger partial charge in [-0.2, -0.15) is 11.3 Å². The van der Waals surface area contributed by atoms with E-state index in [1.54, 1.807) is 11.3 Å². The fourth-order valence-electron chi connectivity index (χ4n) is 0.845. The first-order valence-electron chi connectivity index (χ1n) is 3.58. The van der Waals surface area contributed by atoms with E-state index < -0.39 is 0 Å². The van der Waals surface area contributed by atoms with Crippen LogP contribution in [0.15, 0.2) is 16.8 Å². The first kappa shape index (κ1) is 9.23. The van der Waals surface area contributed by atoms with E-state index in [0.29, 0.717) is 5.33 Å². The van der Waals surface area contributed by atoms with Crippen LogP contribution in [0.5, 0.6) is 0 Å². The van der Waals surface area contributed by atoms with E-state index in [9.17, 15) is 5.11 Å². The Bertz CT molecular complexity index is 186. The average molecular weight is 235 g/mol. The summed E-state index contributed by atoms with van der Waals surface area (Å²) in [6.07, 6.45) is 1.63. The number of alkyl halides is 1. The molecular formula is C8H11BrOS. The van der Waals surface area contributed by atoms with E-state index in [0.717, 1.165) is 12.8 Å². The fraction of sp³-hybridized carbons (Fsp3) is 0.500. The SMILES string of the molecule is OC(CBr)CCc1ccsc1. The van der Waals surface area contributed by atoms with Crippen LogP contribution in [0.4, 0.5) is 0 Å². The van der Waals surface area contributed by atoms with Crippen molar-refractivity contribution in [3.8, 4) is 0 Å². The number of hydrogen-bond donors (Lipinski definition) is 1. The lowest BCUT2D eigenvalue weighted by molar-refractivity contribution is 0.191. The minimum atomic E-state index is -0.199. The van der Waals surface area contributed by atoms with Gasteiger partial charge >= 0.3 is 0 Å². The van der Waals surface area contributed by atoms with Crippen LogP contribution in [0.2, 0.25) is 0 Å². The molecule has 0 aliphatic rings. The van der Waals surface area contributed by atoms with Gasteiger partial charge in [0, 0.05) is 5.33 Å². The second kappa shape index (κ2) is 4.91. The van der Waals surface area contributed by atoms with Crippen LogP contribution in [0.3, 0.4) is 0 Å². The molecule has 1 N–H and O–H groups in total. The highest BCUT2D eigenvalue weighted by Crippen LogP contribution is 2.10. The zero-order valence-corrected chi connectivity index (χ0v) is 8.57. The standard InChI is InChI=1S/C8H11BrOS/c9-5-8(10)2-1-7-3-4-11-6-7/h3-4,6,8,10H,1-2,5H2. The fourth-order valence-corrected chi connectivity index (χ4v) is 1.87. The lowest BCUT2D eigenvalue weighted by atomic mass is 10.1. The van der Waals surface area contributed by atoms with Crippen LogP contribution in [0, 0.1) is 0 Å². The van der Waals surface area contributed by atoms with E-state index in [4.69, 9.17) is 0 Å². The second-order valence-corrected chi connectivity index (χ2v) is 3.91. The molecule has 1 heterocycles. The minimum absolute atomic E-state index is 0.199. The van der Waals surface area contributed by atoms with Crippen LogP contribution in [-0.2, 0) is 6.42 Å². The molecule has 0 spiro atoms. The molecule has 62 valence electrons. The van der Waals surface area contributed by atoms with Crippen LogP contribution in [-0.4, -0.2) is 16.5 Å². The topological polar surface area (TPSA) is 20.2 Å². The van der Waals surface area contributed by atoms with Crippen LogP contribution in [0.1, 0.15) is 12.0 Å². The Morgan fingerprint density at radius 3 is 3.00 bits per heavy atom. The van der Waals surface area contributed by atoms with E-state index >= 15 is 0 Å². The maximum atomic E-state index is 9.21. The number of hydrogen-bond acceptors (Lipinski definition) is 2. The van der Waals surface area contributed by atoms with Crippen molar-refractivity contribution in [2.75, 3.05) is 5.33 Å². The van der Waals surface area contributed by atoms with Gasteiger partial charge in [-0.1, -0.05) is 15.9 Å². The molecule has 1 aromatic heterocycles. The highest BCUT2D eigenvalue weighted by molar-refractivity contribution is 9.09. The van der Waals surface area contributed by atoms with Gasteiger partial charge in [0.25, 0.3) is 0 Å². The highest BCUT2D eigenvalue weighted by atomic mass is 79.9. The van der Waals surface area contributed by atoms with Crippen LogP contribution in [0.25, 0.3) is 0 Å². The van der Waals surface area contributed by atoms with E-state index in [1.165, 1.54) is 5.56 Å². The van der Waals surface area contributed by atoms with Gasteiger partial charge in [-0.15, -0.1) is 0 Å². The summed E-state index contributed by atoms with van der Waals surface area (Å²) in [7, 11) is 0. The van der Waals surface area contributed by atoms with E-state index in [1.807, 2.05) is 0 Å². The molecule has 3 heteroatoms. The molecule has 0 saturated carbocycles. The predicted molar refractivity (Wildman–Crippen MR) is 52.4 cm³/mol. The zero-order chi connectivity index (χ0) is 8.10. The van der Waals surface area contributed by atoms with Gasteiger partial charge in [0.05, 0.1) is 6.10 Å². The summed E-state index contributed by atoms with van der Waals surface area (Å²) in [4.78, 5) is 0. The summed E-state index contributed by atoms with van der Waals surface area (Å²) in [5, 5.41) is 14.1. The van der Waals surface area contributed by atoms with Gasteiger partial charge in [0.15, 0.2) is 0 Å². The normalized spacial score (nSPS) is 13.3. The first-order valence-corrected chi connectivity index (χ1v) is 5.64. The monoisotopic (exact) mass is 234 g/mol. The zero-order valence-electron chi connectivity index (χ0n) is 6.16. The van der Waals surface area contributed by atoms with Crippen molar-refractivity contribution in [2.24, 2.45) is 0 Å². The third-order valence-corrected chi connectivity index (χ3v) is 3.00. The van der Waals surface area contributed by atoms with Crippen molar-refractivity contribution in [1.29, 1.82) is 0 Å². The molecule has 0 saturated heterocycles. The van der Waals surface area contributed by atoms with Crippen molar-refractivity contribution < 1.29 is 5.11 Å². The maximum absolute atomic E-state index is 9.21. The van der Waals surface area contributed by atoms with Gasteiger partial charge in [-0.3, -0.25) is 0 Å². The number of rotatable bonds is 4. The number of aryl methyl sites for hydroxylation is 1. The lowest BCUT2D eigenvalue weighted by Crippen LogP contribution is -2.08. The third-order valence-electron chi connectivity index (χ3n) is 1.52. The maximum Gasteiger partial charge on any atom is 0.0640 e. The quantitative estimate of drug-likeness (QED) is 0.794. The lowest BCUT2D eigenvalue weighted by Gasteiger charge is -2.03. The van der Waals surface area contributed by atoms with E-state index in [2.05, 4.69) is 32.8 Å². The molecule has 0 aliphatic heterocycles. The molecule has 0 aromatic carbocycles. The molecular weight excluding hydrogens is 224 g/mol. The molecule has 0 amide bonds. The number of halogens is 1. The molecule has 11 heavy (non-hydrogen) atoms. The van der Waals surface area contributed by atoms with Crippen molar-refractivity contribution in [3.05, 3.63) is 22.4 Å². The molecule has 0 radical (unpaired) electrons.